The van der Waals surface area contributed by atoms with Gasteiger partial charge in [0.25, 0.3) is 15.9 Å². The van der Waals surface area contributed by atoms with E-state index in [0.717, 1.165) is 18.8 Å². The molecule has 0 aliphatic carbocycles. The molecule has 33 heavy (non-hydrogen) atoms. The molecule has 3 aromatic rings. The summed E-state index contributed by atoms with van der Waals surface area (Å²) in [6.07, 6.45) is 1.43. The zero-order valence-corrected chi connectivity index (χ0v) is 21.8. The van der Waals surface area contributed by atoms with E-state index in [1.807, 2.05) is 13.0 Å². The van der Waals surface area contributed by atoms with E-state index in [9.17, 15) is 13.2 Å². The summed E-state index contributed by atoms with van der Waals surface area (Å²) < 4.78 is 34.6. The highest BCUT2D eigenvalue weighted by Crippen LogP contribution is 2.25. The summed E-state index contributed by atoms with van der Waals surface area (Å²) in [4.78, 5) is 12.7. The van der Waals surface area contributed by atoms with Crippen molar-refractivity contribution in [1.29, 1.82) is 0 Å². The Balaban J connectivity index is 1.84. The first-order valence-corrected chi connectivity index (χ1v) is 12.7. The second-order valence-corrected chi connectivity index (χ2v) is 10.7. The Labute approximate surface area is 209 Å². The van der Waals surface area contributed by atoms with Crippen LogP contribution in [0.2, 0.25) is 0 Å². The van der Waals surface area contributed by atoms with E-state index in [1.54, 1.807) is 48.5 Å². The van der Waals surface area contributed by atoms with Gasteiger partial charge in [0.15, 0.2) is 0 Å². The molecule has 0 spiro atoms. The number of nitrogens with zero attached hydrogens (tertiary/aromatic N) is 2. The number of anilines is 1. The number of nitrogens with one attached hydrogen (secondary N) is 1. The van der Waals surface area contributed by atoms with Crippen molar-refractivity contribution < 1.29 is 17.9 Å². The van der Waals surface area contributed by atoms with Gasteiger partial charge in [0.2, 0.25) is 0 Å². The molecule has 3 aromatic carbocycles. The molecule has 0 aliphatic heterocycles. The molecule has 0 heterocycles. The molecule has 0 saturated carbocycles. The Morgan fingerprint density at radius 1 is 1.03 bits per heavy atom. The SMILES string of the molecule is COc1ccc(Br)cc1/C=N\NC(=O)CN(c1ccc(Br)cc1)S(=O)(=O)c1ccc(C)cc1. The molecule has 0 radical (unpaired) electrons. The standard InChI is InChI=1S/C23H21Br2N3O4S/c1-16-3-10-21(11-4-16)33(30,31)28(20-8-5-18(24)6-9-20)15-23(29)27-26-14-17-13-19(25)7-12-22(17)32-2/h3-14H,15H2,1-2H3,(H,27,29)/b26-14-. The fourth-order valence-electron chi connectivity index (χ4n) is 2.91. The predicted molar refractivity (Wildman–Crippen MR) is 136 cm³/mol. The summed E-state index contributed by atoms with van der Waals surface area (Å²) in [7, 11) is -2.46. The van der Waals surface area contributed by atoms with E-state index in [0.29, 0.717) is 17.0 Å². The van der Waals surface area contributed by atoms with Crippen LogP contribution >= 0.6 is 31.9 Å². The highest BCUT2D eigenvalue weighted by Gasteiger charge is 2.27. The zero-order chi connectivity index (χ0) is 24.0. The molecule has 0 unspecified atom stereocenters. The lowest BCUT2D eigenvalue weighted by Crippen LogP contribution is -2.39. The van der Waals surface area contributed by atoms with Crippen LogP contribution in [0.5, 0.6) is 5.75 Å². The number of carbonyl (C=O) groups excluding carboxylic acids is 1. The quantitative estimate of drug-likeness (QED) is 0.298. The predicted octanol–water partition coefficient (Wildman–Crippen LogP) is 4.87. The van der Waals surface area contributed by atoms with Crippen molar-refractivity contribution in [1.82, 2.24) is 5.43 Å². The molecule has 3 rings (SSSR count). The summed E-state index contributed by atoms with van der Waals surface area (Å²) in [6, 6.07) is 18.5. The third kappa shape index (κ3) is 6.43. The maximum Gasteiger partial charge on any atom is 0.264 e. The highest BCUT2D eigenvalue weighted by molar-refractivity contribution is 9.10. The van der Waals surface area contributed by atoms with E-state index in [1.165, 1.54) is 25.5 Å². The second kappa shape index (κ2) is 11.0. The van der Waals surface area contributed by atoms with E-state index in [2.05, 4.69) is 42.4 Å². The van der Waals surface area contributed by atoms with Crippen LogP contribution in [0.1, 0.15) is 11.1 Å². The van der Waals surface area contributed by atoms with Crippen molar-refractivity contribution in [2.45, 2.75) is 11.8 Å². The number of aryl methyl sites for hydroxylation is 1. The fourth-order valence-corrected chi connectivity index (χ4v) is 4.97. The van der Waals surface area contributed by atoms with E-state index in [4.69, 9.17) is 4.74 Å². The molecule has 10 heteroatoms. The molecule has 1 amide bonds. The van der Waals surface area contributed by atoms with Gasteiger partial charge in [0.05, 0.1) is 23.9 Å². The normalized spacial score (nSPS) is 11.4. The van der Waals surface area contributed by atoms with Crippen molar-refractivity contribution in [2.75, 3.05) is 18.0 Å². The maximum absolute atomic E-state index is 13.4. The number of carbonyl (C=O) groups is 1. The highest BCUT2D eigenvalue weighted by atomic mass is 79.9. The lowest BCUT2D eigenvalue weighted by Gasteiger charge is -2.23. The van der Waals surface area contributed by atoms with Gasteiger partial charge in [0.1, 0.15) is 12.3 Å². The smallest absolute Gasteiger partial charge is 0.264 e. The van der Waals surface area contributed by atoms with Crippen molar-refractivity contribution in [2.24, 2.45) is 5.10 Å². The van der Waals surface area contributed by atoms with E-state index in [-0.39, 0.29) is 4.90 Å². The van der Waals surface area contributed by atoms with Crippen LogP contribution in [0.25, 0.3) is 0 Å². The molecule has 1 N–H and O–H groups in total. The zero-order valence-electron chi connectivity index (χ0n) is 17.8. The Morgan fingerprint density at radius 3 is 2.30 bits per heavy atom. The van der Waals surface area contributed by atoms with Crippen molar-refractivity contribution in [3.63, 3.8) is 0 Å². The summed E-state index contributed by atoms with van der Waals surface area (Å²) in [5.41, 5.74) is 4.32. The largest absolute Gasteiger partial charge is 0.496 e. The fraction of sp³-hybridized carbons (Fsp3) is 0.130. The minimum atomic E-state index is -3.99. The monoisotopic (exact) mass is 593 g/mol. The average molecular weight is 595 g/mol. The van der Waals surface area contributed by atoms with Crippen molar-refractivity contribution in [3.8, 4) is 5.75 Å². The molecule has 0 saturated heterocycles. The van der Waals surface area contributed by atoms with Crippen LogP contribution in [0.15, 0.2) is 85.7 Å². The van der Waals surface area contributed by atoms with Crippen LogP contribution in [0.4, 0.5) is 5.69 Å². The summed E-state index contributed by atoms with van der Waals surface area (Å²) >= 11 is 6.72. The molecule has 172 valence electrons. The summed E-state index contributed by atoms with van der Waals surface area (Å²) in [5, 5.41) is 3.96. The molecular weight excluding hydrogens is 574 g/mol. The van der Waals surface area contributed by atoms with E-state index < -0.39 is 22.5 Å². The Kier molecular flexibility index (Phi) is 8.28. The molecule has 0 atom stereocenters. The number of methoxy groups -OCH3 is 1. The van der Waals surface area contributed by atoms with Crippen LogP contribution in [0, 0.1) is 6.92 Å². The van der Waals surface area contributed by atoms with Crippen LogP contribution in [0.3, 0.4) is 0 Å². The van der Waals surface area contributed by atoms with Crippen molar-refractivity contribution in [3.05, 3.63) is 86.8 Å². The Bertz CT molecular complexity index is 1260. The number of hydrazone groups is 1. The van der Waals surface area contributed by atoms with E-state index >= 15 is 0 Å². The number of sulfonamides is 1. The molecule has 7 nitrogen and oxygen atoms in total. The summed E-state index contributed by atoms with van der Waals surface area (Å²) in [6.45, 7) is 1.42. The van der Waals surface area contributed by atoms with Crippen LogP contribution < -0.4 is 14.5 Å². The van der Waals surface area contributed by atoms with Gasteiger partial charge in [-0.1, -0.05) is 49.6 Å². The molecular formula is C23H21Br2N3O4S. The lowest BCUT2D eigenvalue weighted by atomic mass is 10.2. The van der Waals surface area contributed by atoms with Gasteiger partial charge in [-0.2, -0.15) is 5.10 Å². The Hall–Kier alpha value is -2.69. The van der Waals surface area contributed by atoms with Crippen LogP contribution in [-0.4, -0.2) is 34.2 Å². The van der Waals surface area contributed by atoms with Gasteiger partial charge in [-0.15, -0.1) is 0 Å². The van der Waals surface area contributed by atoms with Crippen LogP contribution in [-0.2, 0) is 14.8 Å². The number of benzene rings is 3. The maximum atomic E-state index is 13.4. The molecule has 0 bridgehead atoms. The molecule has 0 fully saturated rings. The summed E-state index contributed by atoms with van der Waals surface area (Å²) in [5.74, 6) is -0.0199. The number of hydrogen-bond donors (Lipinski definition) is 1. The number of amides is 1. The number of hydrogen-bond acceptors (Lipinski definition) is 5. The number of ether oxygens (including phenoxy) is 1. The minimum absolute atomic E-state index is 0.0891. The van der Waals surface area contributed by atoms with Gasteiger partial charge in [-0.05, 0) is 61.5 Å². The topological polar surface area (TPSA) is 88.1 Å². The number of rotatable bonds is 8. The molecule has 0 aliphatic rings. The lowest BCUT2D eigenvalue weighted by molar-refractivity contribution is -0.119. The van der Waals surface area contributed by atoms with Crippen molar-refractivity contribution >= 4 is 59.7 Å². The first-order chi connectivity index (χ1) is 15.7. The first kappa shape index (κ1) is 24.9. The minimum Gasteiger partial charge on any atom is -0.496 e. The van der Waals surface area contributed by atoms with Gasteiger partial charge in [-0.25, -0.2) is 13.8 Å². The van der Waals surface area contributed by atoms with Gasteiger partial charge in [-0.3, -0.25) is 9.10 Å². The second-order valence-electron chi connectivity index (χ2n) is 6.98. The first-order valence-electron chi connectivity index (χ1n) is 9.71. The Morgan fingerprint density at radius 2 is 1.67 bits per heavy atom. The van der Waals surface area contributed by atoms with Gasteiger partial charge < -0.3 is 4.74 Å². The average Bonchev–Trinajstić information content (AvgIpc) is 2.78. The van der Waals surface area contributed by atoms with Gasteiger partial charge in [0, 0.05) is 14.5 Å². The third-order valence-electron chi connectivity index (χ3n) is 4.60. The third-order valence-corrected chi connectivity index (χ3v) is 7.41. The van der Waals surface area contributed by atoms with Gasteiger partial charge >= 0.3 is 0 Å². The number of halogens is 2. The molecule has 0 aromatic heterocycles.